The zero-order chi connectivity index (χ0) is 13.1. The molecule has 0 aliphatic rings. The fourth-order valence-electron chi connectivity index (χ4n) is 1.63. The summed E-state index contributed by atoms with van der Waals surface area (Å²) in [6.07, 6.45) is 0.357. The summed E-state index contributed by atoms with van der Waals surface area (Å²) in [7, 11) is 0. The summed E-state index contributed by atoms with van der Waals surface area (Å²) in [5.74, 6) is -0.700. The molecule has 0 aromatic carbocycles. The van der Waals surface area contributed by atoms with Crippen molar-refractivity contribution < 1.29 is 9.90 Å². The fraction of sp³-hybridized carbons (Fsp3) is 0.308. The smallest absolute Gasteiger partial charge is 0.306 e. The van der Waals surface area contributed by atoms with E-state index in [1.165, 1.54) is 0 Å². The van der Waals surface area contributed by atoms with E-state index < -0.39 is 11.9 Å². The molecular formula is C13H14N2O2S. The molecule has 94 valence electrons. The maximum Gasteiger partial charge on any atom is 0.306 e. The van der Waals surface area contributed by atoms with E-state index in [0.717, 1.165) is 16.3 Å². The molecule has 0 saturated heterocycles. The molecular weight excluding hydrogens is 248 g/mol. The lowest BCUT2D eigenvalue weighted by molar-refractivity contribution is -0.141. The van der Waals surface area contributed by atoms with Crippen LogP contribution in [-0.4, -0.2) is 21.0 Å². The zero-order valence-corrected chi connectivity index (χ0v) is 11.1. The van der Waals surface area contributed by atoms with E-state index in [1.54, 1.807) is 18.3 Å². The Hall–Kier alpha value is -1.75. The second-order valence-corrected chi connectivity index (χ2v) is 5.18. The lowest BCUT2D eigenvalue weighted by atomic mass is 10.1. The van der Waals surface area contributed by atoms with Gasteiger partial charge in [-0.3, -0.25) is 4.79 Å². The van der Waals surface area contributed by atoms with Gasteiger partial charge in [-0.25, -0.2) is 9.97 Å². The van der Waals surface area contributed by atoms with Crippen LogP contribution in [0, 0.1) is 12.8 Å². The lowest BCUT2D eigenvalue weighted by Gasteiger charge is -2.07. The highest BCUT2D eigenvalue weighted by atomic mass is 32.1. The van der Waals surface area contributed by atoms with Crippen LogP contribution in [0.25, 0.3) is 10.6 Å². The summed E-state index contributed by atoms with van der Waals surface area (Å²) >= 11 is 1.61. The highest BCUT2D eigenvalue weighted by molar-refractivity contribution is 7.13. The number of hydrogen-bond donors (Lipinski definition) is 1. The third-order valence-corrected chi connectivity index (χ3v) is 3.48. The molecule has 1 unspecified atom stereocenters. The molecule has 0 aliphatic heterocycles. The molecule has 0 fully saturated rings. The van der Waals surface area contributed by atoms with Crippen molar-refractivity contribution in [3.63, 3.8) is 0 Å². The second-order valence-electron chi connectivity index (χ2n) is 4.23. The highest BCUT2D eigenvalue weighted by Gasteiger charge is 2.14. The van der Waals surface area contributed by atoms with Crippen molar-refractivity contribution >= 4 is 17.3 Å². The third kappa shape index (κ3) is 2.92. The molecule has 1 atom stereocenters. The van der Waals surface area contributed by atoms with Gasteiger partial charge in [-0.2, -0.15) is 0 Å². The average molecular weight is 262 g/mol. The Morgan fingerprint density at radius 2 is 2.28 bits per heavy atom. The molecule has 1 N–H and O–H groups in total. The van der Waals surface area contributed by atoms with Gasteiger partial charge < -0.3 is 5.11 Å². The van der Waals surface area contributed by atoms with Crippen molar-refractivity contribution in [2.24, 2.45) is 5.92 Å². The van der Waals surface area contributed by atoms with Crippen LogP contribution in [-0.2, 0) is 11.2 Å². The van der Waals surface area contributed by atoms with Crippen LogP contribution in [0.15, 0.2) is 23.6 Å². The highest BCUT2D eigenvalue weighted by Crippen LogP contribution is 2.23. The normalized spacial score (nSPS) is 12.3. The summed E-state index contributed by atoms with van der Waals surface area (Å²) in [6, 6.07) is 5.88. The molecule has 0 bridgehead atoms. The summed E-state index contributed by atoms with van der Waals surface area (Å²) in [5.41, 5.74) is 1.73. The number of carbonyl (C=O) groups is 1. The van der Waals surface area contributed by atoms with Gasteiger partial charge in [0.2, 0.25) is 0 Å². The van der Waals surface area contributed by atoms with Crippen molar-refractivity contribution in [3.05, 3.63) is 35.1 Å². The summed E-state index contributed by atoms with van der Waals surface area (Å²) in [4.78, 5) is 20.7. The zero-order valence-electron chi connectivity index (χ0n) is 10.3. The standard InChI is InChI=1S/C13H14N2O2S/c1-8(13(16)17)6-12-14-9(2)7-10(15-12)11-4-3-5-18-11/h3-5,7-8H,6H2,1-2H3,(H,16,17). The van der Waals surface area contributed by atoms with Gasteiger partial charge in [0, 0.05) is 12.1 Å². The SMILES string of the molecule is Cc1cc(-c2cccs2)nc(CC(C)C(=O)O)n1. The summed E-state index contributed by atoms with van der Waals surface area (Å²) in [6.45, 7) is 3.56. The van der Waals surface area contributed by atoms with E-state index in [-0.39, 0.29) is 0 Å². The second kappa shape index (κ2) is 5.27. The number of nitrogens with zero attached hydrogens (tertiary/aromatic N) is 2. The van der Waals surface area contributed by atoms with Crippen molar-refractivity contribution in [3.8, 4) is 10.6 Å². The molecule has 2 aromatic heterocycles. The number of hydrogen-bond acceptors (Lipinski definition) is 4. The average Bonchev–Trinajstić information content (AvgIpc) is 2.81. The molecule has 0 spiro atoms. The minimum atomic E-state index is -0.822. The Balaban J connectivity index is 2.30. The van der Waals surface area contributed by atoms with Gasteiger partial charge in [0.25, 0.3) is 0 Å². The number of thiophene rings is 1. The maximum atomic E-state index is 10.8. The van der Waals surface area contributed by atoms with Crippen LogP contribution in [0.1, 0.15) is 18.4 Å². The quantitative estimate of drug-likeness (QED) is 0.920. The number of aryl methyl sites for hydroxylation is 1. The van der Waals surface area contributed by atoms with E-state index in [2.05, 4.69) is 9.97 Å². The monoisotopic (exact) mass is 262 g/mol. The number of aliphatic carboxylic acids is 1. The first-order valence-corrected chi connectivity index (χ1v) is 6.55. The fourth-order valence-corrected chi connectivity index (χ4v) is 2.32. The molecule has 0 aliphatic carbocycles. The van der Waals surface area contributed by atoms with Crippen LogP contribution >= 0.6 is 11.3 Å². The van der Waals surface area contributed by atoms with E-state index in [0.29, 0.717) is 12.2 Å². The minimum absolute atomic E-state index is 0.357. The molecule has 0 amide bonds. The van der Waals surface area contributed by atoms with Crippen molar-refractivity contribution in [1.29, 1.82) is 0 Å². The molecule has 2 rings (SSSR count). The van der Waals surface area contributed by atoms with Gasteiger partial charge in [-0.05, 0) is 24.4 Å². The molecule has 0 saturated carbocycles. The Kier molecular flexibility index (Phi) is 3.72. The molecule has 4 nitrogen and oxygen atoms in total. The largest absolute Gasteiger partial charge is 0.481 e. The van der Waals surface area contributed by atoms with Crippen molar-refractivity contribution in [2.75, 3.05) is 0 Å². The first-order chi connectivity index (χ1) is 8.56. The van der Waals surface area contributed by atoms with Gasteiger partial charge in [0.15, 0.2) is 0 Å². The first-order valence-electron chi connectivity index (χ1n) is 5.67. The van der Waals surface area contributed by atoms with E-state index >= 15 is 0 Å². The maximum absolute atomic E-state index is 10.8. The van der Waals surface area contributed by atoms with Crippen LogP contribution in [0.3, 0.4) is 0 Å². The van der Waals surface area contributed by atoms with Gasteiger partial charge in [0.05, 0.1) is 16.5 Å². The summed E-state index contributed by atoms with van der Waals surface area (Å²) in [5, 5.41) is 10.9. The van der Waals surface area contributed by atoms with Gasteiger partial charge in [-0.15, -0.1) is 11.3 Å². The topological polar surface area (TPSA) is 63.1 Å². The number of carboxylic acid groups (broad SMARTS) is 1. The Morgan fingerprint density at radius 3 is 2.89 bits per heavy atom. The van der Waals surface area contributed by atoms with Crippen LogP contribution in [0.2, 0.25) is 0 Å². The molecule has 18 heavy (non-hydrogen) atoms. The minimum Gasteiger partial charge on any atom is -0.481 e. The van der Waals surface area contributed by atoms with E-state index in [1.807, 2.05) is 30.5 Å². The lowest BCUT2D eigenvalue weighted by Crippen LogP contribution is -2.14. The molecule has 0 radical (unpaired) electrons. The van der Waals surface area contributed by atoms with Crippen LogP contribution in [0.4, 0.5) is 0 Å². The van der Waals surface area contributed by atoms with Crippen molar-refractivity contribution in [2.45, 2.75) is 20.3 Å². The molecule has 2 aromatic rings. The Labute approximate surface area is 109 Å². The van der Waals surface area contributed by atoms with Gasteiger partial charge in [0.1, 0.15) is 5.82 Å². The summed E-state index contributed by atoms with van der Waals surface area (Å²) < 4.78 is 0. The Bertz CT molecular complexity index is 552. The van der Waals surface area contributed by atoms with E-state index in [4.69, 9.17) is 5.11 Å². The van der Waals surface area contributed by atoms with E-state index in [9.17, 15) is 4.79 Å². The van der Waals surface area contributed by atoms with Gasteiger partial charge >= 0.3 is 5.97 Å². The van der Waals surface area contributed by atoms with Crippen LogP contribution in [0.5, 0.6) is 0 Å². The van der Waals surface area contributed by atoms with Crippen molar-refractivity contribution in [1.82, 2.24) is 9.97 Å². The third-order valence-electron chi connectivity index (χ3n) is 2.58. The predicted molar refractivity (Wildman–Crippen MR) is 70.6 cm³/mol. The number of aromatic nitrogens is 2. The predicted octanol–water partition coefficient (Wildman–Crippen LogP) is 2.78. The Morgan fingerprint density at radius 1 is 1.50 bits per heavy atom. The number of rotatable bonds is 4. The first kappa shape index (κ1) is 12.7. The van der Waals surface area contributed by atoms with Crippen LogP contribution < -0.4 is 0 Å². The molecule has 2 heterocycles. The van der Waals surface area contributed by atoms with Gasteiger partial charge in [-0.1, -0.05) is 13.0 Å². The molecule has 5 heteroatoms. The number of carboxylic acids is 1.